The SMILES string of the molecule is COC(=O)c1c(-c2ccc3ccccc3c2)csc1NC(=O)[C@@H]1[C@H]2CC[C@@H](C2)[C@H]1C(=O)O. The number of esters is 1. The zero-order valence-electron chi connectivity index (χ0n) is 17.5. The van der Waals surface area contributed by atoms with Gasteiger partial charge in [-0.2, -0.15) is 0 Å². The van der Waals surface area contributed by atoms with Gasteiger partial charge in [-0.15, -0.1) is 11.3 Å². The summed E-state index contributed by atoms with van der Waals surface area (Å²) in [5, 5.41) is 16.9. The molecular formula is C25H23NO5S. The van der Waals surface area contributed by atoms with Crippen LogP contribution in [0.4, 0.5) is 5.00 Å². The topological polar surface area (TPSA) is 92.7 Å². The first-order valence-corrected chi connectivity index (χ1v) is 11.6. The maximum absolute atomic E-state index is 13.2. The lowest BCUT2D eigenvalue weighted by atomic mass is 9.78. The Labute approximate surface area is 189 Å². The van der Waals surface area contributed by atoms with Crippen LogP contribution in [0.15, 0.2) is 47.8 Å². The van der Waals surface area contributed by atoms with Gasteiger partial charge in [-0.25, -0.2) is 4.79 Å². The minimum atomic E-state index is -0.909. The highest BCUT2D eigenvalue weighted by Crippen LogP contribution is 2.53. The van der Waals surface area contributed by atoms with Crippen molar-refractivity contribution < 1.29 is 24.2 Å². The van der Waals surface area contributed by atoms with E-state index in [4.69, 9.17) is 4.74 Å². The number of benzene rings is 2. The number of carbonyl (C=O) groups is 3. The number of hydrogen-bond donors (Lipinski definition) is 2. The van der Waals surface area contributed by atoms with Crippen molar-refractivity contribution in [2.45, 2.75) is 19.3 Å². The standard InChI is InChI=1S/C25H23NO5S/c1-31-25(30)21-18(15-7-6-13-4-2-3-5-14(13)10-15)12-32-23(21)26-22(27)19-16-8-9-17(11-16)20(19)24(28)29/h2-7,10,12,16-17,19-20H,8-9,11H2,1H3,(H,26,27)(H,28,29)/t16-,17-,19+,20+/m0/s1. The molecule has 2 aromatic carbocycles. The predicted octanol–water partition coefficient (Wildman–Crippen LogP) is 5.04. The molecular weight excluding hydrogens is 426 g/mol. The first kappa shape index (κ1) is 20.7. The van der Waals surface area contributed by atoms with Crippen molar-refractivity contribution in [1.82, 2.24) is 0 Å². The van der Waals surface area contributed by atoms with Gasteiger partial charge >= 0.3 is 11.9 Å². The monoisotopic (exact) mass is 449 g/mol. The van der Waals surface area contributed by atoms with Gasteiger partial charge in [0.05, 0.1) is 18.9 Å². The van der Waals surface area contributed by atoms with E-state index >= 15 is 0 Å². The van der Waals surface area contributed by atoms with E-state index in [2.05, 4.69) is 5.32 Å². The molecule has 164 valence electrons. The van der Waals surface area contributed by atoms with Gasteiger partial charge in [-0.3, -0.25) is 9.59 Å². The summed E-state index contributed by atoms with van der Waals surface area (Å²) in [6, 6.07) is 13.9. The van der Waals surface area contributed by atoms with E-state index in [1.807, 2.05) is 47.8 Å². The molecule has 0 radical (unpaired) electrons. The maximum atomic E-state index is 13.2. The zero-order valence-corrected chi connectivity index (χ0v) is 18.4. The third kappa shape index (κ3) is 3.37. The Bertz CT molecular complexity index is 1230. The highest BCUT2D eigenvalue weighted by atomic mass is 32.1. The van der Waals surface area contributed by atoms with Crippen molar-refractivity contribution in [3.05, 3.63) is 53.4 Å². The maximum Gasteiger partial charge on any atom is 0.341 e. The van der Waals surface area contributed by atoms with Gasteiger partial charge in [0.15, 0.2) is 0 Å². The van der Waals surface area contributed by atoms with E-state index in [9.17, 15) is 19.5 Å². The summed E-state index contributed by atoms with van der Waals surface area (Å²) in [4.78, 5) is 37.7. The molecule has 0 spiro atoms. The van der Waals surface area contributed by atoms with Crippen LogP contribution in [0.5, 0.6) is 0 Å². The highest BCUT2D eigenvalue weighted by Gasteiger charge is 2.54. The molecule has 2 bridgehead atoms. The Hall–Kier alpha value is -3.19. The molecule has 6 nitrogen and oxygen atoms in total. The summed E-state index contributed by atoms with van der Waals surface area (Å²) in [5.41, 5.74) is 1.84. The molecule has 32 heavy (non-hydrogen) atoms. The molecule has 0 aliphatic heterocycles. The summed E-state index contributed by atoms with van der Waals surface area (Å²) < 4.78 is 5.02. The van der Waals surface area contributed by atoms with E-state index in [0.29, 0.717) is 16.1 Å². The lowest BCUT2D eigenvalue weighted by molar-refractivity contribution is -0.148. The number of nitrogens with one attached hydrogen (secondary N) is 1. The van der Waals surface area contributed by atoms with Crippen LogP contribution in [0.1, 0.15) is 29.6 Å². The predicted molar refractivity (Wildman–Crippen MR) is 123 cm³/mol. The molecule has 2 saturated carbocycles. The van der Waals surface area contributed by atoms with E-state index in [-0.39, 0.29) is 17.7 Å². The Morgan fingerprint density at radius 2 is 1.75 bits per heavy atom. The van der Waals surface area contributed by atoms with Crippen molar-refractivity contribution in [2.24, 2.45) is 23.7 Å². The second-order valence-electron chi connectivity index (χ2n) is 8.62. The normalized spacial score (nSPS) is 23.9. The minimum Gasteiger partial charge on any atom is -0.481 e. The first-order chi connectivity index (χ1) is 15.5. The van der Waals surface area contributed by atoms with E-state index in [1.165, 1.54) is 18.4 Å². The highest BCUT2D eigenvalue weighted by molar-refractivity contribution is 7.15. The molecule has 0 saturated heterocycles. The third-order valence-corrected chi connectivity index (χ3v) is 7.88. The molecule has 3 aromatic rings. The summed E-state index contributed by atoms with van der Waals surface area (Å²) in [5.74, 6) is -2.84. The second-order valence-corrected chi connectivity index (χ2v) is 9.50. The largest absolute Gasteiger partial charge is 0.481 e. The number of aliphatic carboxylic acids is 1. The number of hydrogen-bond acceptors (Lipinski definition) is 5. The van der Waals surface area contributed by atoms with Gasteiger partial charge in [0.1, 0.15) is 10.6 Å². The fourth-order valence-corrected chi connectivity index (χ4v) is 6.50. The van der Waals surface area contributed by atoms with Crippen molar-refractivity contribution in [1.29, 1.82) is 0 Å². The Balaban J connectivity index is 1.49. The molecule has 5 rings (SSSR count). The summed E-state index contributed by atoms with van der Waals surface area (Å²) in [7, 11) is 1.31. The number of ether oxygens (including phenoxy) is 1. The van der Waals surface area contributed by atoms with Crippen LogP contribution in [-0.2, 0) is 14.3 Å². The van der Waals surface area contributed by atoms with Crippen LogP contribution < -0.4 is 5.32 Å². The first-order valence-electron chi connectivity index (χ1n) is 10.7. The summed E-state index contributed by atoms with van der Waals surface area (Å²) >= 11 is 1.26. The van der Waals surface area contributed by atoms with Crippen LogP contribution in [0.2, 0.25) is 0 Å². The number of thiophene rings is 1. The molecule has 2 N–H and O–H groups in total. The van der Waals surface area contributed by atoms with Crippen LogP contribution >= 0.6 is 11.3 Å². The van der Waals surface area contributed by atoms with Gasteiger partial charge in [-0.05, 0) is 53.5 Å². The van der Waals surface area contributed by atoms with Crippen molar-refractivity contribution in [3.63, 3.8) is 0 Å². The number of anilines is 1. The zero-order chi connectivity index (χ0) is 22.4. The molecule has 4 atom stereocenters. The number of methoxy groups -OCH3 is 1. The van der Waals surface area contributed by atoms with Gasteiger partial charge in [0.2, 0.25) is 5.91 Å². The Morgan fingerprint density at radius 3 is 2.47 bits per heavy atom. The fraction of sp³-hybridized carbons (Fsp3) is 0.320. The number of carbonyl (C=O) groups excluding carboxylic acids is 2. The summed E-state index contributed by atoms with van der Waals surface area (Å²) in [6.45, 7) is 0. The van der Waals surface area contributed by atoms with Gasteiger partial charge < -0.3 is 15.2 Å². The number of amides is 1. The number of fused-ring (bicyclic) bond motifs is 3. The van der Waals surface area contributed by atoms with Crippen LogP contribution in [0.3, 0.4) is 0 Å². The Kier molecular flexibility index (Phi) is 5.21. The van der Waals surface area contributed by atoms with E-state index < -0.39 is 23.8 Å². The molecule has 2 fully saturated rings. The molecule has 2 aliphatic rings. The molecule has 7 heteroatoms. The molecule has 1 heterocycles. The minimum absolute atomic E-state index is 0.0600. The lowest BCUT2D eigenvalue weighted by Gasteiger charge is -2.26. The average molecular weight is 450 g/mol. The average Bonchev–Trinajstić information content (AvgIpc) is 3.52. The second kappa shape index (κ2) is 8.06. The molecule has 0 unspecified atom stereocenters. The molecule has 1 aromatic heterocycles. The van der Waals surface area contributed by atoms with Gasteiger partial charge in [0.25, 0.3) is 0 Å². The van der Waals surface area contributed by atoms with Crippen LogP contribution in [0, 0.1) is 23.7 Å². The van der Waals surface area contributed by atoms with E-state index in [1.54, 1.807) is 0 Å². The smallest absolute Gasteiger partial charge is 0.341 e. The van der Waals surface area contributed by atoms with Gasteiger partial charge in [0, 0.05) is 10.9 Å². The number of rotatable bonds is 5. The van der Waals surface area contributed by atoms with E-state index in [0.717, 1.165) is 35.6 Å². The molecule has 1 amide bonds. The third-order valence-electron chi connectivity index (χ3n) is 6.98. The van der Waals surface area contributed by atoms with Crippen LogP contribution in [0.25, 0.3) is 21.9 Å². The quantitative estimate of drug-likeness (QED) is 0.533. The van der Waals surface area contributed by atoms with Gasteiger partial charge in [-0.1, -0.05) is 36.4 Å². The number of carboxylic acid groups (broad SMARTS) is 1. The van der Waals surface area contributed by atoms with Crippen molar-refractivity contribution >= 4 is 45.0 Å². The Morgan fingerprint density at radius 1 is 1.03 bits per heavy atom. The summed E-state index contributed by atoms with van der Waals surface area (Å²) in [6.07, 6.45) is 2.53. The molecule has 2 aliphatic carbocycles. The van der Waals surface area contributed by atoms with Crippen LogP contribution in [-0.4, -0.2) is 30.1 Å². The lowest BCUT2D eigenvalue weighted by Crippen LogP contribution is -2.37. The van der Waals surface area contributed by atoms with Crippen molar-refractivity contribution in [3.8, 4) is 11.1 Å². The van der Waals surface area contributed by atoms with Crippen molar-refractivity contribution in [2.75, 3.05) is 12.4 Å². The fourth-order valence-electron chi connectivity index (χ4n) is 5.54. The number of carboxylic acids is 1.